The maximum absolute atomic E-state index is 12.9. The van der Waals surface area contributed by atoms with Gasteiger partial charge in [-0.3, -0.25) is 4.79 Å². The molecule has 2 rings (SSSR count). The topological polar surface area (TPSA) is 55.4 Å². The predicted octanol–water partition coefficient (Wildman–Crippen LogP) is 3.15. The normalized spacial score (nSPS) is 20.5. The van der Waals surface area contributed by atoms with Crippen molar-refractivity contribution >= 4 is 24.6 Å². The van der Waals surface area contributed by atoms with Crippen molar-refractivity contribution in [3.63, 3.8) is 0 Å². The van der Waals surface area contributed by atoms with Crippen LogP contribution in [0.15, 0.2) is 24.3 Å². The largest absolute Gasteiger partial charge is 0.416 e. The summed E-state index contributed by atoms with van der Waals surface area (Å²) in [6.07, 6.45) is -2.76. The van der Waals surface area contributed by atoms with Gasteiger partial charge in [-0.2, -0.15) is 25.8 Å². The summed E-state index contributed by atoms with van der Waals surface area (Å²) >= 11 is 3.99. The van der Waals surface area contributed by atoms with E-state index in [1.54, 1.807) is 0 Å². The van der Waals surface area contributed by atoms with E-state index in [-0.39, 0.29) is 12.8 Å². The first-order valence-electron chi connectivity index (χ1n) is 8.04. The maximum atomic E-state index is 12.9. The van der Waals surface area contributed by atoms with Crippen LogP contribution < -0.4 is 5.32 Å². The van der Waals surface area contributed by atoms with Crippen LogP contribution in [-0.4, -0.2) is 29.8 Å². The number of ether oxygens (including phenoxy) is 1. The molecule has 1 aromatic rings. The van der Waals surface area contributed by atoms with Gasteiger partial charge in [-0.1, -0.05) is 18.2 Å². The molecule has 1 N–H and O–H groups in total. The third kappa shape index (κ3) is 5.22. The number of carbonyl (C=O) groups is 2. The molecule has 1 saturated heterocycles. The van der Waals surface area contributed by atoms with E-state index in [1.807, 2.05) is 0 Å². The summed E-state index contributed by atoms with van der Waals surface area (Å²) in [7, 11) is 0. The highest BCUT2D eigenvalue weighted by atomic mass is 32.1. The van der Waals surface area contributed by atoms with Crippen molar-refractivity contribution in [2.24, 2.45) is 0 Å². The summed E-state index contributed by atoms with van der Waals surface area (Å²) < 4.78 is 43.5. The molecule has 0 saturated carbocycles. The standard InChI is InChI=1S/C17H20F3NO3S/c18-17(19,20)13-5-1-4-12(10-13)11-16(7-3-8-21-16)15(23)24-14(22)6-2-9-25/h1,4-5,10,21,25H,2-3,6-9,11H2/t16-/m0/s1. The van der Waals surface area contributed by atoms with Crippen LogP contribution in [0, 0.1) is 0 Å². The maximum Gasteiger partial charge on any atom is 0.416 e. The molecule has 0 bridgehead atoms. The molecule has 1 aliphatic heterocycles. The highest BCUT2D eigenvalue weighted by Gasteiger charge is 2.43. The molecule has 4 nitrogen and oxygen atoms in total. The summed E-state index contributed by atoms with van der Waals surface area (Å²) in [5.41, 5.74) is -1.57. The van der Waals surface area contributed by atoms with Crippen LogP contribution in [0.5, 0.6) is 0 Å². The molecule has 138 valence electrons. The number of esters is 2. The Labute approximate surface area is 149 Å². The summed E-state index contributed by atoms with van der Waals surface area (Å²) in [5.74, 6) is -0.876. The Morgan fingerprint density at radius 3 is 2.68 bits per heavy atom. The lowest BCUT2D eigenvalue weighted by atomic mass is 9.88. The van der Waals surface area contributed by atoms with Crippen LogP contribution in [0.3, 0.4) is 0 Å². The Hall–Kier alpha value is -1.54. The van der Waals surface area contributed by atoms with Gasteiger partial charge in [-0.25, -0.2) is 4.79 Å². The number of alkyl halides is 3. The number of benzene rings is 1. The van der Waals surface area contributed by atoms with E-state index >= 15 is 0 Å². The number of halogens is 3. The number of hydrogen-bond donors (Lipinski definition) is 2. The van der Waals surface area contributed by atoms with E-state index in [0.29, 0.717) is 37.1 Å². The van der Waals surface area contributed by atoms with Gasteiger partial charge in [0.2, 0.25) is 0 Å². The van der Waals surface area contributed by atoms with Crippen LogP contribution in [0.25, 0.3) is 0 Å². The predicted molar refractivity (Wildman–Crippen MR) is 89.3 cm³/mol. The lowest BCUT2D eigenvalue weighted by Gasteiger charge is -2.27. The van der Waals surface area contributed by atoms with Gasteiger partial charge in [-0.15, -0.1) is 0 Å². The molecule has 0 aliphatic carbocycles. The zero-order chi connectivity index (χ0) is 18.5. The SMILES string of the molecule is O=C(CCCS)OC(=O)[C@@]1(Cc2cccc(C(F)(F)F)c2)CCCN1. The van der Waals surface area contributed by atoms with E-state index in [1.165, 1.54) is 12.1 Å². The summed E-state index contributed by atoms with van der Waals surface area (Å²) in [6, 6.07) is 4.85. The van der Waals surface area contributed by atoms with Crippen LogP contribution in [0.4, 0.5) is 13.2 Å². The first-order valence-corrected chi connectivity index (χ1v) is 8.67. The molecule has 1 aromatic carbocycles. The summed E-state index contributed by atoms with van der Waals surface area (Å²) in [6.45, 7) is 0.541. The third-order valence-electron chi connectivity index (χ3n) is 4.14. The van der Waals surface area contributed by atoms with Gasteiger partial charge in [0.15, 0.2) is 0 Å². The molecule has 1 heterocycles. The molecule has 8 heteroatoms. The minimum Gasteiger partial charge on any atom is -0.392 e. The fourth-order valence-electron chi connectivity index (χ4n) is 2.89. The van der Waals surface area contributed by atoms with E-state index < -0.39 is 29.2 Å². The van der Waals surface area contributed by atoms with E-state index in [4.69, 9.17) is 4.74 Å². The smallest absolute Gasteiger partial charge is 0.392 e. The minimum atomic E-state index is -4.45. The fraction of sp³-hybridized carbons (Fsp3) is 0.529. The lowest BCUT2D eigenvalue weighted by molar-refractivity contribution is -0.164. The second-order valence-corrected chi connectivity index (χ2v) is 6.52. The van der Waals surface area contributed by atoms with Crippen molar-refractivity contribution in [2.75, 3.05) is 12.3 Å². The number of thiol groups is 1. The second-order valence-electron chi connectivity index (χ2n) is 6.08. The third-order valence-corrected chi connectivity index (χ3v) is 4.46. The second kappa shape index (κ2) is 8.23. The van der Waals surface area contributed by atoms with Gasteiger partial charge in [0, 0.05) is 12.8 Å². The van der Waals surface area contributed by atoms with Gasteiger partial charge in [-0.05, 0) is 43.2 Å². The lowest BCUT2D eigenvalue weighted by Crippen LogP contribution is -2.51. The quantitative estimate of drug-likeness (QED) is 0.456. The Morgan fingerprint density at radius 2 is 2.08 bits per heavy atom. The van der Waals surface area contributed by atoms with Crippen LogP contribution in [0.1, 0.15) is 36.8 Å². The first kappa shape index (κ1) is 19.8. The molecular weight excluding hydrogens is 355 g/mol. The molecule has 0 unspecified atom stereocenters. The van der Waals surface area contributed by atoms with Crippen molar-refractivity contribution in [1.29, 1.82) is 0 Å². The van der Waals surface area contributed by atoms with Gasteiger partial charge in [0.1, 0.15) is 5.54 Å². The average Bonchev–Trinajstić information content (AvgIpc) is 3.02. The number of hydrogen-bond acceptors (Lipinski definition) is 5. The number of nitrogens with one attached hydrogen (secondary N) is 1. The highest BCUT2D eigenvalue weighted by molar-refractivity contribution is 7.80. The van der Waals surface area contributed by atoms with Crippen LogP contribution in [0.2, 0.25) is 0 Å². The van der Waals surface area contributed by atoms with Crippen LogP contribution in [-0.2, 0) is 26.9 Å². The molecule has 1 fully saturated rings. The molecule has 0 aromatic heterocycles. The average molecular weight is 375 g/mol. The fourth-order valence-corrected chi connectivity index (χ4v) is 3.04. The van der Waals surface area contributed by atoms with Crippen molar-refractivity contribution in [2.45, 2.75) is 43.8 Å². The van der Waals surface area contributed by atoms with Crippen molar-refractivity contribution < 1.29 is 27.5 Å². The van der Waals surface area contributed by atoms with Crippen molar-refractivity contribution in [3.05, 3.63) is 35.4 Å². The monoisotopic (exact) mass is 375 g/mol. The van der Waals surface area contributed by atoms with Crippen molar-refractivity contribution in [3.8, 4) is 0 Å². The number of carbonyl (C=O) groups excluding carboxylic acids is 2. The van der Waals surface area contributed by atoms with Crippen LogP contribution >= 0.6 is 12.6 Å². The molecule has 0 radical (unpaired) electrons. The van der Waals surface area contributed by atoms with E-state index in [9.17, 15) is 22.8 Å². The molecule has 0 amide bonds. The van der Waals surface area contributed by atoms with E-state index in [0.717, 1.165) is 12.1 Å². The highest BCUT2D eigenvalue weighted by Crippen LogP contribution is 2.32. The Kier molecular flexibility index (Phi) is 6.51. The molecular formula is C17H20F3NO3S. The van der Waals surface area contributed by atoms with Gasteiger partial charge in [0.05, 0.1) is 5.56 Å². The van der Waals surface area contributed by atoms with Crippen molar-refractivity contribution in [1.82, 2.24) is 5.32 Å². The number of rotatable bonds is 6. The zero-order valence-electron chi connectivity index (χ0n) is 13.6. The van der Waals surface area contributed by atoms with Gasteiger partial charge >= 0.3 is 18.1 Å². The van der Waals surface area contributed by atoms with Gasteiger partial charge in [0.25, 0.3) is 0 Å². The summed E-state index contributed by atoms with van der Waals surface area (Å²) in [5, 5.41) is 3.01. The molecule has 1 aliphatic rings. The van der Waals surface area contributed by atoms with Gasteiger partial charge < -0.3 is 10.1 Å². The Morgan fingerprint density at radius 1 is 1.32 bits per heavy atom. The molecule has 25 heavy (non-hydrogen) atoms. The molecule has 0 spiro atoms. The molecule has 1 atom stereocenters. The zero-order valence-corrected chi connectivity index (χ0v) is 14.5. The van der Waals surface area contributed by atoms with E-state index in [2.05, 4.69) is 17.9 Å². The Bertz CT molecular complexity index is 628. The minimum absolute atomic E-state index is 0.0373. The summed E-state index contributed by atoms with van der Waals surface area (Å²) in [4.78, 5) is 24.2. The first-order chi connectivity index (χ1) is 11.8. The Balaban J connectivity index is 2.15.